The lowest BCUT2D eigenvalue weighted by Gasteiger charge is -2.34. The molecular formula is C26H38N2O6. The van der Waals surface area contributed by atoms with Gasteiger partial charge >= 0.3 is 6.09 Å². The van der Waals surface area contributed by atoms with Crippen molar-refractivity contribution in [3.63, 3.8) is 0 Å². The molecule has 34 heavy (non-hydrogen) atoms. The van der Waals surface area contributed by atoms with Crippen LogP contribution in [0, 0.1) is 5.92 Å². The second-order valence-electron chi connectivity index (χ2n) is 10.5. The highest BCUT2D eigenvalue weighted by Crippen LogP contribution is 2.41. The Morgan fingerprint density at radius 2 is 1.85 bits per heavy atom. The third kappa shape index (κ3) is 5.56. The van der Waals surface area contributed by atoms with Crippen LogP contribution in [0.15, 0.2) is 30.3 Å². The van der Waals surface area contributed by atoms with Crippen LogP contribution in [-0.4, -0.2) is 63.2 Å². The predicted molar refractivity (Wildman–Crippen MR) is 126 cm³/mol. The quantitative estimate of drug-likeness (QED) is 0.504. The molecule has 188 valence electrons. The third-order valence-electron chi connectivity index (χ3n) is 7.55. The Bertz CT molecular complexity index is 850. The Morgan fingerprint density at radius 3 is 2.47 bits per heavy atom. The van der Waals surface area contributed by atoms with E-state index in [1.54, 1.807) is 13.8 Å². The van der Waals surface area contributed by atoms with Gasteiger partial charge in [0, 0.05) is 6.54 Å². The standard InChI is InChI=1S/C26H38N2O6/c1-25(2)28(24(31)32)20(15-18-9-5-3-6-10-18)22(34-25)21(29)16-27-23(30)26(13-14-26)33-17-19-11-7-4-8-12-19/h4,7-8,11-12,18,20-22,29H,3,5-6,9-10,13-17H2,1-2H3,(H,27,30)(H,31,32)/t20-,21-,22+/m0/s1. The number of carbonyl (C=O) groups is 2. The molecule has 1 aromatic carbocycles. The molecule has 0 bridgehead atoms. The summed E-state index contributed by atoms with van der Waals surface area (Å²) in [6.45, 7) is 3.78. The molecule has 0 unspecified atom stereocenters. The first-order valence-electron chi connectivity index (χ1n) is 12.6. The minimum atomic E-state index is -1.05. The Labute approximate surface area is 201 Å². The summed E-state index contributed by atoms with van der Waals surface area (Å²) in [5.41, 5.74) is -0.889. The monoisotopic (exact) mass is 474 g/mol. The molecule has 4 rings (SSSR count). The van der Waals surface area contributed by atoms with Crippen molar-refractivity contribution in [2.75, 3.05) is 6.54 Å². The first kappa shape index (κ1) is 24.9. The van der Waals surface area contributed by atoms with Gasteiger partial charge in [-0.2, -0.15) is 0 Å². The van der Waals surface area contributed by atoms with E-state index in [4.69, 9.17) is 9.47 Å². The van der Waals surface area contributed by atoms with E-state index in [1.165, 1.54) is 11.3 Å². The van der Waals surface area contributed by atoms with Crippen LogP contribution in [0.5, 0.6) is 0 Å². The number of hydrogen-bond donors (Lipinski definition) is 3. The fraction of sp³-hybridized carbons (Fsp3) is 0.692. The zero-order valence-corrected chi connectivity index (χ0v) is 20.2. The molecule has 3 fully saturated rings. The molecule has 3 atom stereocenters. The Morgan fingerprint density at radius 1 is 1.18 bits per heavy atom. The minimum Gasteiger partial charge on any atom is -0.465 e. The van der Waals surface area contributed by atoms with Crippen molar-refractivity contribution in [2.45, 2.75) is 101 Å². The van der Waals surface area contributed by atoms with Gasteiger partial charge in [-0.15, -0.1) is 0 Å². The van der Waals surface area contributed by atoms with Gasteiger partial charge in [-0.3, -0.25) is 9.69 Å². The van der Waals surface area contributed by atoms with Gasteiger partial charge in [0.1, 0.15) is 17.4 Å². The van der Waals surface area contributed by atoms with Crippen molar-refractivity contribution in [2.24, 2.45) is 5.92 Å². The number of carbonyl (C=O) groups excluding carboxylic acids is 1. The number of nitrogens with one attached hydrogen (secondary N) is 1. The Balaban J connectivity index is 1.36. The van der Waals surface area contributed by atoms with Gasteiger partial charge in [0.05, 0.1) is 18.8 Å². The van der Waals surface area contributed by atoms with Gasteiger partial charge in [0.25, 0.3) is 5.91 Å². The lowest BCUT2D eigenvalue weighted by atomic mass is 9.83. The number of aliphatic hydroxyl groups excluding tert-OH is 1. The minimum absolute atomic E-state index is 0.00927. The van der Waals surface area contributed by atoms with E-state index in [-0.39, 0.29) is 12.5 Å². The van der Waals surface area contributed by atoms with Crippen molar-refractivity contribution in [1.82, 2.24) is 10.2 Å². The summed E-state index contributed by atoms with van der Waals surface area (Å²) in [6, 6.07) is 9.26. The topological polar surface area (TPSA) is 108 Å². The van der Waals surface area contributed by atoms with E-state index >= 15 is 0 Å². The molecule has 0 spiro atoms. The van der Waals surface area contributed by atoms with E-state index in [0.717, 1.165) is 31.2 Å². The highest BCUT2D eigenvalue weighted by molar-refractivity contribution is 5.88. The number of rotatable bonds is 9. The maximum Gasteiger partial charge on any atom is 0.409 e. The van der Waals surface area contributed by atoms with Crippen LogP contribution in [0.3, 0.4) is 0 Å². The van der Waals surface area contributed by atoms with Gasteiger partial charge < -0.3 is 25.0 Å². The van der Waals surface area contributed by atoms with Crippen LogP contribution in [0.2, 0.25) is 0 Å². The second-order valence-corrected chi connectivity index (χ2v) is 10.5. The summed E-state index contributed by atoms with van der Waals surface area (Å²) in [7, 11) is 0. The number of aliphatic hydroxyl groups is 1. The van der Waals surface area contributed by atoms with Gasteiger partial charge in [-0.05, 0) is 44.6 Å². The average Bonchev–Trinajstić information content (AvgIpc) is 3.56. The maximum absolute atomic E-state index is 12.9. The van der Waals surface area contributed by atoms with Crippen molar-refractivity contribution in [3.8, 4) is 0 Å². The number of amides is 2. The lowest BCUT2D eigenvalue weighted by Crippen LogP contribution is -2.51. The summed E-state index contributed by atoms with van der Waals surface area (Å²) >= 11 is 0. The number of nitrogens with zero attached hydrogens (tertiary/aromatic N) is 1. The molecule has 1 aliphatic heterocycles. The molecule has 3 aliphatic rings. The zero-order valence-electron chi connectivity index (χ0n) is 20.2. The Kier molecular flexibility index (Phi) is 7.50. The van der Waals surface area contributed by atoms with Crippen LogP contribution in [0.25, 0.3) is 0 Å². The SMILES string of the molecule is CC1(C)O[C@@H]([C@@H](O)CNC(=O)C2(OCc3ccccc3)CC2)[C@H](CC2CCCCC2)N1C(=O)O. The molecule has 2 saturated carbocycles. The number of ether oxygens (including phenoxy) is 2. The molecule has 2 amide bonds. The molecule has 1 aromatic rings. The Hall–Kier alpha value is -2.16. The van der Waals surface area contributed by atoms with E-state index in [0.29, 0.717) is 31.8 Å². The fourth-order valence-electron chi connectivity index (χ4n) is 5.55. The average molecular weight is 475 g/mol. The van der Waals surface area contributed by atoms with Gasteiger partial charge in [-0.1, -0.05) is 62.4 Å². The van der Waals surface area contributed by atoms with Crippen LogP contribution in [-0.2, 0) is 20.9 Å². The number of benzene rings is 1. The van der Waals surface area contributed by atoms with Crippen LogP contribution < -0.4 is 5.32 Å². The molecule has 2 aliphatic carbocycles. The molecule has 1 saturated heterocycles. The van der Waals surface area contributed by atoms with E-state index in [2.05, 4.69) is 5.32 Å². The van der Waals surface area contributed by atoms with Gasteiger partial charge in [-0.25, -0.2) is 4.79 Å². The molecule has 0 radical (unpaired) electrons. The zero-order chi connectivity index (χ0) is 24.3. The van der Waals surface area contributed by atoms with Crippen molar-refractivity contribution in [1.29, 1.82) is 0 Å². The van der Waals surface area contributed by atoms with Gasteiger partial charge in [0.2, 0.25) is 0 Å². The molecule has 1 heterocycles. The normalized spacial score (nSPS) is 26.7. The summed E-state index contributed by atoms with van der Waals surface area (Å²) in [4.78, 5) is 26.3. The summed E-state index contributed by atoms with van der Waals surface area (Å²) < 4.78 is 12.0. The van der Waals surface area contributed by atoms with Crippen molar-refractivity contribution >= 4 is 12.0 Å². The maximum atomic E-state index is 12.9. The fourth-order valence-corrected chi connectivity index (χ4v) is 5.55. The number of hydrogen-bond acceptors (Lipinski definition) is 5. The summed E-state index contributed by atoms with van der Waals surface area (Å²) in [6.07, 6.45) is 4.86. The van der Waals surface area contributed by atoms with E-state index < -0.39 is 35.7 Å². The van der Waals surface area contributed by atoms with Crippen LogP contribution in [0.1, 0.15) is 70.8 Å². The highest BCUT2D eigenvalue weighted by atomic mass is 16.6. The second kappa shape index (κ2) is 10.2. The van der Waals surface area contributed by atoms with Crippen LogP contribution >= 0.6 is 0 Å². The molecular weight excluding hydrogens is 436 g/mol. The molecule has 3 N–H and O–H groups in total. The molecule has 8 heteroatoms. The first-order valence-corrected chi connectivity index (χ1v) is 12.6. The summed E-state index contributed by atoms with van der Waals surface area (Å²) in [5, 5.41) is 23.8. The number of carboxylic acid groups (broad SMARTS) is 1. The molecule has 0 aromatic heterocycles. The van der Waals surface area contributed by atoms with Crippen molar-refractivity contribution in [3.05, 3.63) is 35.9 Å². The molecule has 8 nitrogen and oxygen atoms in total. The first-order chi connectivity index (χ1) is 16.2. The van der Waals surface area contributed by atoms with Crippen molar-refractivity contribution < 1.29 is 29.3 Å². The summed E-state index contributed by atoms with van der Waals surface area (Å²) in [5.74, 6) is 0.183. The van der Waals surface area contributed by atoms with Crippen LogP contribution in [0.4, 0.5) is 4.79 Å². The van der Waals surface area contributed by atoms with E-state index in [1.807, 2.05) is 30.3 Å². The smallest absolute Gasteiger partial charge is 0.409 e. The largest absolute Gasteiger partial charge is 0.465 e. The van der Waals surface area contributed by atoms with Gasteiger partial charge in [0.15, 0.2) is 0 Å². The lowest BCUT2D eigenvalue weighted by molar-refractivity contribution is -0.138. The third-order valence-corrected chi connectivity index (χ3v) is 7.55. The van der Waals surface area contributed by atoms with E-state index in [9.17, 15) is 19.8 Å². The highest BCUT2D eigenvalue weighted by Gasteiger charge is 2.54. The predicted octanol–water partition coefficient (Wildman–Crippen LogP) is 3.67.